The zero-order valence-electron chi connectivity index (χ0n) is 33.9. The first-order valence-corrected chi connectivity index (χ1v) is 19.8. The van der Waals surface area contributed by atoms with Crippen molar-refractivity contribution in [3.63, 3.8) is 0 Å². The van der Waals surface area contributed by atoms with E-state index in [4.69, 9.17) is 33.2 Å². The fraction of sp³-hybridized carbons (Fsp3) is 0.561. The molecular formula is C41H56N2O17. The minimum Gasteiger partial charge on any atom is -0.493 e. The first-order chi connectivity index (χ1) is 28.8. The van der Waals surface area contributed by atoms with Crippen molar-refractivity contribution in [3.05, 3.63) is 52.3 Å². The summed E-state index contributed by atoms with van der Waals surface area (Å²) in [5, 5.41) is 84.6. The lowest BCUT2D eigenvalue weighted by molar-refractivity contribution is -0.277. The summed E-state index contributed by atoms with van der Waals surface area (Å²) < 4.78 is 41.2. The van der Waals surface area contributed by atoms with Crippen LogP contribution in [-0.2, 0) is 21.3 Å². The number of carbonyl (C=O) groups is 1. The average Bonchev–Trinajstić information content (AvgIpc) is 3.25. The van der Waals surface area contributed by atoms with Gasteiger partial charge in [-0.05, 0) is 48.4 Å². The number of nitrogens with one attached hydrogen (secondary N) is 1. The van der Waals surface area contributed by atoms with Crippen LogP contribution in [0.15, 0.2) is 41.2 Å². The van der Waals surface area contributed by atoms with Crippen LogP contribution < -0.4 is 34.6 Å². The summed E-state index contributed by atoms with van der Waals surface area (Å²) >= 11 is 0. The van der Waals surface area contributed by atoms with Crippen LogP contribution in [0.3, 0.4) is 0 Å². The van der Waals surface area contributed by atoms with E-state index in [0.29, 0.717) is 17.4 Å². The van der Waals surface area contributed by atoms with Gasteiger partial charge in [0.2, 0.25) is 30.0 Å². The molecule has 19 heteroatoms. The van der Waals surface area contributed by atoms with Crippen LogP contribution in [0.4, 0.5) is 5.69 Å². The highest BCUT2D eigenvalue weighted by molar-refractivity contribution is 6.03. The van der Waals surface area contributed by atoms with E-state index in [1.165, 1.54) is 56.2 Å². The number of pyridine rings is 1. The number of methoxy groups -OCH3 is 2. The maximum atomic E-state index is 13.8. The van der Waals surface area contributed by atoms with Gasteiger partial charge in [-0.3, -0.25) is 9.59 Å². The maximum absolute atomic E-state index is 13.8. The summed E-state index contributed by atoms with van der Waals surface area (Å²) in [4.78, 5) is 27.0. The minimum atomic E-state index is -1.76. The molecule has 2 aliphatic heterocycles. The lowest BCUT2D eigenvalue weighted by Crippen LogP contribution is -2.60. The van der Waals surface area contributed by atoms with Crippen molar-refractivity contribution in [2.45, 2.75) is 107 Å². The number of hydrogen-bond donors (Lipinski definition) is 9. The van der Waals surface area contributed by atoms with Crippen LogP contribution in [0, 0.1) is 0 Å². The fourth-order valence-electron chi connectivity index (χ4n) is 6.89. The molecule has 0 radical (unpaired) electrons. The molecule has 1 aromatic heterocycles. The number of nitrogens with zero attached hydrogens (tertiary/aromatic N) is 1. The van der Waals surface area contributed by atoms with E-state index in [1.807, 2.05) is 0 Å². The SMILES string of the molecule is CCCCCCCCOc1c(O[C@@H]2O[C@H](CO)[C@H](O)[C@H](O)[C@H]2O)c2ccc(NC(=O)C=Cc3cc(OC)c(O[C@@H]4O[C@H](CO)[C@H](O)[C@H](O)[C@H]4O)c(OC)c3)cc2n(C)c1=O. The molecule has 10 atom stereocenters. The molecule has 0 spiro atoms. The predicted molar refractivity (Wildman–Crippen MR) is 214 cm³/mol. The monoisotopic (exact) mass is 848 g/mol. The molecule has 60 heavy (non-hydrogen) atoms. The summed E-state index contributed by atoms with van der Waals surface area (Å²) in [6, 6.07) is 7.64. The second-order valence-corrected chi connectivity index (χ2v) is 14.6. The van der Waals surface area contributed by atoms with Gasteiger partial charge in [-0.15, -0.1) is 0 Å². The summed E-state index contributed by atoms with van der Waals surface area (Å²) in [5.74, 6) is -0.694. The Balaban J connectivity index is 1.38. The van der Waals surface area contributed by atoms with E-state index in [1.54, 1.807) is 12.1 Å². The zero-order chi connectivity index (χ0) is 43.7. The standard InChI is InChI=1S/C41H56N2O17/c1-5-6-7-8-9-10-15-56-38-36(59-40-34(51)32(49)30(47)27(19-44)57-40)23-13-12-22(18-24(23)43(2)39(38)53)42-29(46)14-11-21-16-25(54-3)37(26(17-21)55-4)60-41-35(52)33(50)31(48)28(20-45)58-41/h11-14,16-18,27-28,30-35,40-41,44-45,47-52H,5-10,15,19-20H2,1-4H3,(H,42,46)/t27-,28-,30+,31+,32+,33+,34-,35-,40+,41+/m1/s1. The Hall–Kier alpha value is -4.54. The molecule has 0 saturated carbocycles. The van der Waals surface area contributed by atoms with Gasteiger partial charge >= 0.3 is 0 Å². The molecule has 5 rings (SSSR count). The first-order valence-electron chi connectivity index (χ1n) is 19.8. The average molecular weight is 849 g/mol. The number of benzene rings is 2. The van der Waals surface area contributed by atoms with Gasteiger partial charge < -0.3 is 83.9 Å². The highest BCUT2D eigenvalue weighted by Crippen LogP contribution is 2.41. The Morgan fingerprint density at radius 1 is 0.750 bits per heavy atom. The summed E-state index contributed by atoms with van der Waals surface area (Å²) in [7, 11) is 4.19. The van der Waals surface area contributed by atoms with E-state index in [0.717, 1.165) is 32.1 Å². The van der Waals surface area contributed by atoms with E-state index in [9.17, 15) is 50.4 Å². The summed E-state index contributed by atoms with van der Waals surface area (Å²) in [6.07, 6.45) is -7.16. The molecule has 2 aliphatic rings. The molecule has 2 fully saturated rings. The van der Waals surface area contributed by atoms with Crippen molar-refractivity contribution in [2.24, 2.45) is 7.05 Å². The topological polar surface area (TPSA) is 278 Å². The van der Waals surface area contributed by atoms with Crippen molar-refractivity contribution in [1.29, 1.82) is 0 Å². The Bertz CT molecular complexity index is 1960. The lowest BCUT2D eigenvalue weighted by atomic mass is 9.99. The fourth-order valence-corrected chi connectivity index (χ4v) is 6.89. The Morgan fingerprint density at radius 2 is 1.30 bits per heavy atom. The number of aliphatic hydroxyl groups excluding tert-OH is 8. The second-order valence-electron chi connectivity index (χ2n) is 14.6. The van der Waals surface area contributed by atoms with Gasteiger partial charge in [0.05, 0.1) is 39.6 Å². The van der Waals surface area contributed by atoms with E-state index < -0.39 is 86.1 Å². The molecule has 2 aromatic carbocycles. The van der Waals surface area contributed by atoms with Gasteiger partial charge in [0.15, 0.2) is 17.2 Å². The number of aliphatic hydroxyl groups is 8. The Labute approximate surface area is 345 Å². The van der Waals surface area contributed by atoms with Crippen LogP contribution >= 0.6 is 0 Å². The number of aryl methyl sites for hydroxylation is 1. The predicted octanol–water partition coefficient (Wildman–Crippen LogP) is 0.304. The normalized spacial score (nSPS) is 26.9. The van der Waals surface area contributed by atoms with E-state index in [-0.39, 0.29) is 46.6 Å². The molecule has 332 valence electrons. The maximum Gasteiger partial charge on any atom is 0.297 e. The third-order valence-corrected chi connectivity index (χ3v) is 10.4. The number of anilines is 1. The van der Waals surface area contributed by atoms with Crippen LogP contribution in [0.1, 0.15) is 51.0 Å². The third-order valence-electron chi connectivity index (χ3n) is 10.4. The van der Waals surface area contributed by atoms with Crippen molar-refractivity contribution in [3.8, 4) is 28.7 Å². The number of rotatable bonds is 19. The number of fused-ring (bicyclic) bond motifs is 1. The molecule has 0 aliphatic carbocycles. The molecule has 1 amide bonds. The van der Waals surface area contributed by atoms with Crippen LogP contribution in [0.25, 0.3) is 17.0 Å². The number of unbranched alkanes of at least 4 members (excludes halogenated alkanes) is 5. The van der Waals surface area contributed by atoms with Crippen molar-refractivity contribution >= 4 is 28.6 Å². The van der Waals surface area contributed by atoms with E-state index >= 15 is 0 Å². The van der Waals surface area contributed by atoms with Gasteiger partial charge in [-0.2, -0.15) is 0 Å². The summed E-state index contributed by atoms with van der Waals surface area (Å²) in [5.41, 5.74) is 0.394. The number of hydrogen-bond acceptors (Lipinski definition) is 17. The smallest absolute Gasteiger partial charge is 0.297 e. The molecule has 3 heterocycles. The Kier molecular flexibility index (Phi) is 16.5. The van der Waals surface area contributed by atoms with Crippen LogP contribution in [0.5, 0.6) is 28.7 Å². The number of amides is 1. The van der Waals surface area contributed by atoms with Gasteiger partial charge in [-0.25, -0.2) is 0 Å². The number of aromatic nitrogens is 1. The quantitative estimate of drug-likeness (QED) is 0.0580. The summed E-state index contributed by atoms with van der Waals surface area (Å²) in [6.45, 7) is 0.968. The van der Waals surface area contributed by atoms with Crippen LogP contribution in [-0.4, -0.2) is 147 Å². The van der Waals surface area contributed by atoms with Gasteiger partial charge in [0.25, 0.3) is 5.56 Å². The third kappa shape index (κ3) is 10.5. The lowest BCUT2D eigenvalue weighted by Gasteiger charge is -2.39. The Morgan fingerprint density at radius 3 is 1.85 bits per heavy atom. The number of ether oxygens (including phenoxy) is 7. The molecule has 19 nitrogen and oxygen atoms in total. The zero-order valence-corrected chi connectivity index (χ0v) is 33.9. The molecular weight excluding hydrogens is 792 g/mol. The van der Waals surface area contributed by atoms with Gasteiger partial charge in [-0.1, -0.05) is 39.0 Å². The highest BCUT2D eigenvalue weighted by atomic mass is 16.7. The van der Waals surface area contributed by atoms with Crippen molar-refractivity contribution in [2.75, 3.05) is 39.4 Å². The highest BCUT2D eigenvalue weighted by Gasteiger charge is 2.46. The first kappa shape index (κ1) is 46.5. The number of carbonyl (C=O) groups excluding carboxylic acids is 1. The minimum absolute atomic E-state index is 0.0291. The van der Waals surface area contributed by atoms with Crippen LogP contribution in [0.2, 0.25) is 0 Å². The van der Waals surface area contributed by atoms with Gasteiger partial charge in [0, 0.05) is 24.2 Å². The molecule has 0 unspecified atom stereocenters. The van der Waals surface area contributed by atoms with Crippen molar-refractivity contribution < 1.29 is 78.8 Å². The largest absolute Gasteiger partial charge is 0.493 e. The molecule has 3 aromatic rings. The van der Waals surface area contributed by atoms with Gasteiger partial charge in [0.1, 0.15) is 48.8 Å². The van der Waals surface area contributed by atoms with E-state index in [2.05, 4.69) is 12.2 Å². The van der Waals surface area contributed by atoms with Crippen molar-refractivity contribution in [1.82, 2.24) is 4.57 Å². The second kappa shape index (κ2) is 21.3. The molecule has 0 bridgehead atoms. The molecule has 9 N–H and O–H groups in total. The molecule has 2 saturated heterocycles.